The third-order valence-corrected chi connectivity index (χ3v) is 4.86. The van der Waals surface area contributed by atoms with Crippen LogP contribution in [0.5, 0.6) is 0 Å². The van der Waals surface area contributed by atoms with Crippen LogP contribution in [0, 0.1) is 0 Å². The lowest BCUT2D eigenvalue weighted by Crippen LogP contribution is -2.27. The molecular formula is C29H30N2O4. The standard InChI is InChI=1S/C29H30N2O4/c1-20(32)18-22-12-15-24(16-13-22)27(33)30-26-19-23(11-10-21-8-6-5-7-9-21)14-17-25(26)31-28(34)35-29(2,3)4/h5-17,19H,18H2,1-4H3,(H,30,33)(H,31,34)/b11-10+. The first-order chi connectivity index (χ1) is 16.6. The Balaban J connectivity index is 1.85. The van der Waals surface area contributed by atoms with Gasteiger partial charge < -0.3 is 10.1 Å². The van der Waals surface area contributed by atoms with Gasteiger partial charge in [0.05, 0.1) is 11.4 Å². The minimum atomic E-state index is -0.659. The molecule has 180 valence electrons. The lowest BCUT2D eigenvalue weighted by atomic mass is 10.1. The average Bonchev–Trinajstić information content (AvgIpc) is 2.78. The third kappa shape index (κ3) is 8.27. The molecule has 0 aliphatic rings. The summed E-state index contributed by atoms with van der Waals surface area (Å²) in [4.78, 5) is 36.7. The fourth-order valence-corrected chi connectivity index (χ4v) is 3.30. The zero-order chi connectivity index (χ0) is 25.4. The van der Waals surface area contributed by atoms with Gasteiger partial charge in [-0.3, -0.25) is 14.9 Å². The molecule has 3 aromatic carbocycles. The topological polar surface area (TPSA) is 84.5 Å². The molecule has 0 saturated carbocycles. The molecule has 0 radical (unpaired) electrons. The van der Waals surface area contributed by atoms with Crippen LogP contribution in [0.25, 0.3) is 12.2 Å². The van der Waals surface area contributed by atoms with E-state index in [1.807, 2.05) is 48.6 Å². The summed E-state index contributed by atoms with van der Waals surface area (Å²) in [5, 5.41) is 5.60. The fraction of sp³-hybridized carbons (Fsp3) is 0.207. The van der Waals surface area contributed by atoms with Crippen molar-refractivity contribution in [3.63, 3.8) is 0 Å². The number of nitrogens with one attached hydrogen (secondary N) is 2. The van der Waals surface area contributed by atoms with Crippen LogP contribution < -0.4 is 10.6 Å². The predicted molar refractivity (Wildman–Crippen MR) is 140 cm³/mol. The molecule has 6 nitrogen and oxygen atoms in total. The molecule has 0 spiro atoms. The van der Waals surface area contributed by atoms with E-state index in [1.54, 1.807) is 57.2 Å². The summed E-state index contributed by atoms with van der Waals surface area (Å²) in [5.41, 5.74) is 3.35. The first-order valence-electron chi connectivity index (χ1n) is 11.4. The van der Waals surface area contributed by atoms with Crippen molar-refractivity contribution in [1.82, 2.24) is 0 Å². The molecule has 0 unspecified atom stereocenters. The first-order valence-corrected chi connectivity index (χ1v) is 11.4. The number of amides is 2. The number of hydrogen-bond acceptors (Lipinski definition) is 4. The Bertz CT molecular complexity index is 1220. The Kier molecular flexibility index (Phi) is 8.21. The van der Waals surface area contributed by atoms with Crippen LogP contribution in [-0.4, -0.2) is 23.4 Å². The quantitative estimate of drug-likeness (QED) is 0.382. The predicted octanol–water partition coefficient (Wildman–Crippen LogP) is 6.59. The first kappa shape index (κ1) is 25.4. The van der Waals surface area contributed by atoms with E-state index in [1.165, 1.54) is 6.92 Å². The second-order valence-corrected chi connectivity index (χ2v) is 9.21. The lowest BCUT2D eigenvalue weighted by Gasteiger charge is -2.20. The highest BCUT2D eigenvalue weighted by Crippen LogP contribution is 2.26. The molecule has 0 saturated heterocycles. The molecular weight excluding hydrogens is 440 g/mol. The molecule has 6 heteroatoms. The maximum atomic E-state index is 13.0. The molecule has 2 N–H and O–H groups in total. The summed E-state index contributed by atoms with van der Waals surface area (Å²) in [6.07, 6.45) is 3.60. The Hall–Kier alpha value is -4.19. The highest BCUT2D eigenvalue weighted by molar-refractivity contribution is 6.07. The zero-order valence-corrected chi connectivity index (χ0v) is 20.4. The van der Waals surface area contributed by atoms with Gasteiger partial charge in [-0.2, -0.15) is 0 Å². The number of Topliss-reactive ketones (excluding diaryl/α,β-unsaturated/α-hetero) is 1. The molecule has 0 aromatic heterocycles. The number of carbonyl (C=O) groups excluding carboxylic acids is 3. The van der Waals surface area contributed by atoms with Crippen molar-refractivity contribution in [3.8, 4) is 0 Å². The number of carbonyl (C=O) groups is 3. The minimum absolute atomic E-state index is 0.0560. The smallest absolute Gasteiger partial charge is 0.412 e. The van der Waals surface area contributed by atoms with Gasteiger partial charge in [-0.25, -0.2) is 4.79 Å². The summed E-state index contributed by atoms with van der Waals surface area (Å²) in [7, 11) is 0. The Labute approximate surface area is 206 Å². The molecule has 0 heterocycles. The number of anilines is 2. The second kappa shape index (κ2) is 11.3. The Morgan fingerprint density at radius 1 is 0.800 bits per heavy atom. The maximum absolute atomic E-state index is 13.0. The average molecular weight is 471 g/mol. The summed E-state index contributed by atoms with van der Waals surface area (Å²) >= 11 is 0. The van der Waals surface area contributed by atoms with Crippen LogP contribution in [0.15, 0.2) is 72.8 Å². The van der Waals surface area contributed by atoms with E-state index in [-0.39, 0.29) is 11.7 Å². The number of benzene rings is 3. The van der Waals surface area contributed by atoms with E-state index in [0.717, 1.165) is 16.7 Å². The van der Waals surface area contributed by atoms with Crippen LogP contribution in [0.2, 0.25) is 0 Å². The maximum Gasteiger partial charge on any atom is 0.412 e. The van der Waals surface area contributed by atoms with Crippen molar-refractivity contribution in [2.24, 2.45) is 0 Å². The van der Waals surface area contributed by atoms with Crippen LogP contribution >= 0.6 is 0 Å². The van der Waals surface area contributed by atoms with E-state index in [9.17, 15) is 14.4 Å². The van der Waals surface area contributed by atoms with Crippen molar-refractivity contribution < 1.29 is 19.1 Å². The van der Waals surface area contributed by atoms with Gasteiger partial charge in [-0.1, -0.05) is 60.7 Å². The van der Waals surface area contributed by atoms with Gasteiger partial charge in [-0.15, -0.1) is 0 Å². The third-order valence-electron chi connectivity index (χ3n) is 4.86. The van der Waals surface area contributed by atoms with E-state index >= 15 is 0 Å². The van der Waals surface area contributed by atoms with Crippen molar-refractivity contribution in [2.75, 3.05) is 10.6 Å². The summed E-state index contributed by atoms with van der Waals surface area (Å²) in [6.45, 7) is 6.87. The van der Waals surface area contributed by atoms with Gasteiger partial charge >= 0.3 is 6.09 Å². The van der Waals surface area contributed by atoms with E-state index in [4.69, 9.17) is 4.74 Å². The Morgan fingerprint density at radius 2 is 1.46 bits per heavy atom. The van der Waals surface area contributed by atoms with E-state index < -0.39 is 11.7 Å². The van der Waals surface area contributed by atoms with Crippen LogP contribution in [-0.2, 0) is 16.0 Å². The molecule has 0 fully saturated rings. The number of hydrogen-bond donors (Lipinski definition) is 2. The van der Waals surface area contributed by atoms with Gasteiger partial charge in [0.2, 0.25) is 0 Å². The van der Waals surface area contributed by atoms with E-state index in [0.29, 0.717) is 23.4 Å². The molecule has 35 heavy (non-hydrogen) atoms. The fourth-order valence-electron chi connectivity index (χ4n) is 3.30. The normalized spacial score (nSPS) is 11.2. The SMILES string of the molecule is CC(=O)Cc1ccc(C(=O)Nc2cc(/C=C/c3ccccc3)ccc2NC(=O)OC(C)(C)C)cc1. The summed E-state index contributed by atoms with van der Waals surface area (Å²) in [6, 6.07) is 22.1. The minimum Gasteiger partial charge on any atom is -0.444 e. The van der Waals surface area contributed by atoms with Crippen molar-refractivity contribution in [2.45, 2.75) is 39.7 Å². The second-order valence-electron chi connectivity index (χ2n) is 9.21. The van der Waals surface area contributed by atoms with Gasteiger partial charge in [-0.05, 0) is 68.7 Å². The van der Waals surface area contributed by atoms with Gasteiger partial charge in [0.1, 0.15) is 11.4 Å². The highest BCUT2D eigenvalue weighted by Gasteiger charge is 2.18. The summed E-state index contributed by atoms with van der Waals surface area (Å²) in [5.74, 6) is -0.281. The lowest BCUT2D eigenvalue weighted by molar-refractivity contribution is -0.116. The highest BCUT2D eigenvalue weighted by atomic mass is 16.6. The van der Waals surface area contributed by atoms with Gasteiger partial charge in [0.15, 0.2) is 0 Å². The molecule has 0 aliphatic heterocycles. The van der Waals surface area contributed by atoms with Crippen LogP contribution in [0.1, 0.15) is 54.7 Å². The molecule has 0 aliphatic carbocycles. The zero-order valence-electron chi connectivity index (χ0n) is 20.4. The molecule has 0 atom stereocenters. The van der Waals surface area contributed by atoms with E-state index in [2.05, 4.69) is 10.6 Å². The van der Waals surface area contributed by atoms with Crippen molar-refractivity contribution in [1.29, 1.82) is 0 Å². The van der Waals surface area contributed by atoms with Crippen LogP contribution in [0.4, 0.5) is 16.2 Å². The molecule has 3 aromatic rings. The number of ketones is 1. The van der Waals surface area contributed by atoms with Gasteiger partial charge in [0, 0.05) is 12.0 Å². The number of rotatable bonds is 7. The van der Waals surface area contributed by atoms with Gasteiger partial charge in [0.25, 0.3) is 5.91 Å². The number of ether oxygens (including phenoxy) is 1. The Morgan fingerprint density at radius 3 is 2.09 bits per heavy atom. The summed E-state index contributed by atoms with van der Waals surface area (Å²) < 4.78 is 5.36. The van der Waals surface area contributed by atoms with Crippen molar-refractivity contribution in [3.05, 3.63) is 95.1 Å². The van der Waals surface area contributed by atoms with Crippen LogP contribution in [0.3, 0.4) is 0 Å². The largest absolute Gasteiger partial charge is 0.444 e. The molecule has 2 amide bonds. The molecule has 3 rings (SSSR count). The monoisotopic (exact) mass is 470 g/mol. The molecule has 0 bridgehead atoms. The van der Waals surface area contributed by atoms with Crippen molar-refractivity contribution >= 4 is 41.3 Å².